The Labute approximate surface area is 220 Å². The van der Waals surface area contributed by atoms with Crippen LogP contribution in [0.1, 0.15) is 32.3 Å². The van der Waals surface area contributed by atoms with Crippen LogP contribution in [0.25, 0.3) is 0 Å². The number of allylic oxidation sites excluding steroid dienone is 1. The van der Waals surface area contributed by atoms with E-state index in [1.165, 1.54) is 0 Å². The molecule has 0 bridgehead atoms. The van der Waals surface area contributed by atoms with Crippen molar-refractivity contribution in [3.05, 3.63) is 78.0 Å². The van der Waals surface area contributed by atoms with Crippen LogP contribution < -0.4 is 16.0 Å². The van der Waals surface area contributed by atoms with Crippen molar-refractivity contribution in [3.63, 3.8) is 0 Å². The summed E-state index contributed by atoms with van der Waals surface area (Å²) in [5.74, 6) is -0.397. The normalized spacial score (nSPS) is 15.3. The van der Waals surface area contributed by atoms with E-state index in [0.717, 1.165) is 18.7 Å². The number of urea groups is 1. The summed E-state index contributed by atoms with van der Waals surface area (Å²) in [5, 5.41) is 9.05. The van der Waals surface area contributed by atoms with E-state index in [9.17, 15) is 18.0 Å². The number of hydrogen-bond acceptors (Lipinski definition) is 5. The Kier molecular flexibility index (Phi) is 10.7. The molecule has 1 heterocycles. The summed E-state index contributed by atoms with van der Waals surface area (Å²) in [6, 6.07) is 17.1. The maximum Gasteiger partial charge on any atom is 0.318 e. The van der Waals surface area contributed by atoms with Crippen LogP contribution in [0.15, 0.2) is 77.3 Å². The Morgan fingerprint density at radius 1 is 1.00 bits per heavy atom. The van der Waals surface area contributed by atoms with Gasteiger partial charge >= 0.3 is 6.03 Å². The number of hydrogen-bond donors (Lipinski definition) is 3. The number of carbonyl (C=O) groups excluding carboxylic acids is 2. The first-order valence-corrected chi connectivity index (χ1v) is 14.5. The average Bonchev–Trinajstić information content (AvgIpc) is 2.91. The molecule has 1 atom stereocenters. The number of aryl methyl sites for hydroxylation is 1. The summed E-state index contributed by atoms with van der Waals surface area (Å²) >= 11 is 0. The summed E-state index contributed by atoms with van der Waals surface area (Å²) in [5.41, 5.74) is 1.61. The average molecular weight is 527 g/mol. The van der Waals surface area contributed by atoms with Crippen LogP contribution in [0.2, 0.25) is 0 Å². The minimum atomic E-state index is -3.56. The standard InChI is InChI=1S/C28H38N4O4S/c1-22(2)21-26(31-28(34)32-18-16-29-17-19-32)27(33)30-24(14-13-23-9-5-3-6-10-23)15-20-37(35,36)25-11-7-4-8-12-25/h3-12,15,22,26,29H,13-14,16-21H2,1-2H3,(H,30,33)(H,31,34)/b24-15+/t26-/m0/s1. The monoisotopic (exact) mass is 526 g/mol. The highest BCUT2D eigenvalue weighted by Crippen LogP contribution is 2.14. The lowest BCUT2D eigenvalue weighted by Gasteiger charge is -2.30. The molecule has 3 rings (SSSR count). The third-order valence-corrected chi connectivity index (χ3v) is 7.78. The molecule has 0 aliphatic carbocycles. The van der Waals surface area contributed by atoms with E-state index in [2.05, 4.69) is 16.0 Å². The molecule has 0 unspecified atom stereocenters. The Morgan fingerprint density at radius 3 is 2.24 bits per heavy atom. The van der Waals surface area contributed by atoms with Crippen molar-refractivity contribution < 1.29 is 18.0 Å². The molecular weight excluding hydrogens is 488 g/mol. The van der Waals surface area contributed by atoms with Crippen LogP contribution in [0.3, 0.4) is 0 Å². The topological polar surface area (TPSA) is 108 Å². The van der Waals surface area contributed by atoms with Gasteiger partial charge < -0.3 is 20.9 Å². The van der Waals surface area contributed by atoms with E-state index in [1.807, 2.05) is 44.2 Å². The fourth-order valence-electron chi connectivity index (χ4n) is 4.13. The summed E-state index contributed by atoms with van der Waals surface area (Å²) in [7, 11) is -3.56. The second-order valence-corrected chi connectivity index (χ2v) is 11.7. The number of nitrogens with zero attached hydrogens (tertiary/aromatic N) is 1. The van der Waals surface area contributed by atoms with Gasteiger partial charge in [0.2, 0.25) is 5.91 Å². The van der Waals surface area contributed by atoms with Gasteiger partial charge in [-0.1, -0.05) is 62.4 Å². The predicted molar refractivity (Wildman–Crippen MR) is 146 cm³/mol. The van der Waals surface area contributed by atoms with E-state index in [-0.39, 0.29) is 28.5 Å². The molecule has 1 saturated heterocycles. The Hall–Kier alpha value is -3.17. The SMILES string of the molecule is CC(C)C[C@H](NC(=O)N1CCNCC1)C(=O)N/C(=C/CS(=O)(=O)c1ccccc1)CCc1ccccc1. The molecule has 1 aliphatic rings. The van der Waals surface area contributed by atoms with E-state index in [1.54, 1.807) is 41.3 Å². The molecule has 1 fully saturated rings. The third-order valence-electron chi connectivity index (χ3n) is 6.19. The number of amides is 3. The molecule has 8 nitrogen and oxygen atoms in total. The maximum absolute atomic E-state index is 13.4. The molecule has 3 amide bonds. The lowest BCUT2D eigenvalue weighted by atomic mass is 10.0. The van der Waals surface area contributed by atoms with Crippen LogP contribution in [-0.4, -0.2) is 63.2 Å². The molecule has 0 spiro atoms. The highest BCUT2D eigenvalue weighted by Gasteiger charge is 2.26. The second kappa shape index (κ2) is 13.9. The number of rotatable bonds is 11. The van der Waals surface area contributed by atoms with Gasteiger partial charge in [0.1, 0.15) is 6.04 Å². The smallest absolute Gasteiger partial charge is 0.318 e. The van der Waals surface area contributed by atoms with Crippen molar-refractivity contribution in [2.75, 3.05) is 31.9 Å². The Bertz CT molecular complexity index is 1150. The number of nitrogens with one attached hydrogen (secondary N) is 3. The number of sulfone groups is 1. The first-order valence-electron chi connectivity index (χ1n) is 12.8. The fourth-order valence-corrected chi connectivity index (χ4v) is 5.32. The Balaban J connectivity index is 1.75. The summed E-state index contributed by atoms with van der Waals surface area (Å²) < 4.78 is 25.7. The molecule has 2 aromatic rings. The van der Waals surface area contributed by atoms with Crippen LogP contribution in [0, 0.1) is 5.92 Å². The van der Waals surface area contributed by atoms with Gasteiger partial charge in [-0.15, -0.1) is 0 Å². The highest BCUT2D eigenvalue weighted by atomic mass is 32.2. The van der Waals surface area contributed by atoms with Crippen molar-refractivity contribution in [2.24, 2.45) is 5.92 Å². The van der Waals surface area contributed by atoms with Crippen LogP contribution in [-0.2, 0) is 21.1 Å². The fraction of sp³-hybridized carbons (Fsp3) is 0.429. The van der Waals surface area contributed by atoms with E-state index in [0.29, 0.717) is 38.0 Å². The van der Waals surface area contributed by atoms with Gasteiger partial charge in [0.25, 0.3) is 0 Å². The first-order chi connectivity index (χ1) is 17.7. The minimum Gasteiger partial charge on any atom is -0.328 e. The van der Waals surface area contributed by atoms with Crippen LogP contribution in [0.4, 0.5) is 4.79 Å². The predicted octanol–water partition coefficient (Wildman–Crippen LogP) is 3.12. The van der Waals surface area contributed by atoms with Crippen LogP contribution in [0.5, 0.6) is 0 Å². The molecule has 9 heteroatoms. The van der Waals surface area contributed by atoms with E-state index in [4.69, 9.17) is 0 Å². The van der Waals surface area contributed by atoms with Crippen molar-refractivity contribution in [1.29, 1.82) is 0 Å². The zero-order valence-electron chi connectivity index (χ0n) is 21.7. The molecule has 3 N–H and O–H groups in total. The maximum atomic E-state index is 13.4. The van der Waals surface area contributed by atoms with Crippen molar-refractivity contribution in [1.82, 2.24) is 20.9 Å². The molecule has 200 valence electrons. The Morgan fingerprint density at radius 2 is 1.62 bits per heavy atom. The largest absolute Gasteiger partial charge is 0.328 e. The highest BCUT2D eigenvalue weighted by molar-refractivity contribution is 7.91. The minimum absolute atomic E-state index is 0.175. The van der Waals surface area contributed by atoms with Gasteiger partial charge in [-0.25, -0.2) is 13.2 Å². The number of piperazine rings is 1. The zero-order chi connectivity index (χ0) is 26.7. The molecule has 37 heavy (non-hydrogen) atoms. The molecule has 1 aliphatic heterocycles. The van der Waals surface area contributed by atoms with Crippen LogP contribution >= 0.6 is 0 Å². The summed E-state index contributed by atoms with van der Waals surface area (Å²) in [6.07, 6.45) is 3.15. The number of carbonyl (C=O) groups is 2. The summed E-state index contributed by atoms with van der Waals surface area (Å²) in [4.78, 5) is 28.1. The van der Waals surface area contributed by atoms with Gasteiger partial charge in [-0.3, -0.25) is 4.79 Å². The summed E-state index contributed by atoms with van der Waals surface area (Å²) in [6.45, 7) is 6.60. The second-order valence-electron chi connectivity index (χ2n) is 9.67. The quantitative estimate of drug-likeness (QED) is 0.417. The van der Waals surface area contributed by atoms with Crippen molar-refractivity contribution in [2.45, 2.75) is 44.0 Å². The third kappa shape index (κ3) is 9.33. The van der Waals surface area contributed by atoms with Gasteiger partial charge in [-0.05, 0) is 49.0 Å². The molecule has 2 aromatic carbocycles. The first kappa shape index (κ1) is 28.4. The molecule has 0 saturated carbocycles. The number of benzene rings is 2. The van der Waals surface area contributed by atoms with Gasteiger partial charge in [0.05, 0.1) is 10.6 Å². The van der Waals surface area contributed by atoms with Crippen molar-refractivity contribution >= 4 is 21.8 Å². The van der Waals surface area contributed by atoms with Crippen molar-refractivity contribution in [3.8, 4) is 0 Å². The molecular formula is C28H38N4O4S. The zero-order valence-corrected chi connectivity index (χ0v) is 22.5. The molecule has 0 aromatic heterocycles. The van der Waals surface area contributed by atoms with Gasteiger partial charge in [0.15, 0.2) is 9.84 Å². The van der Waals surface area contributed by atoms with E-state index < -0.39 is 15.9 Å². The molecule has 0 radical (unpaired) electrons. The lowest BCUT2D eigenvalue weighted by Crippen LogP contribution is -2.55. The van der Waals surface area contributed by atoms with Gasteiger partial charge in [0, 0.05) is 31.9 Å². The van der Waals surface area contributed by atoms with Gasteiger partial charge in [-0.2, -0.15) is 0 Å². The van der Waals surface area contributed by atoms with E-state index >= 15 is 0 Å². The lowest BCUT2D eigenvalue weighted by molar-refractivity contribution is -0.122.